The average Bonchev–Trinajstić information content (AvgIpc) is 1.62. The Balaban J connectivity index is 3.60. The first-order valence-corrected chi connectivity index (χ1v) is 4.22. The summed E-state index contributed by atoms with van der Waals surface area (Å²) in [6, 6.07) is 0. The second kappa shape index (κ2) is 3.38. The quantitative estimate of drug-likeness (QED) is 0.559. The largest absolute Gasteiger partial charge is 0.308 e. The van der Waals surface area contributed by atoms with Crippen molar-refractivity contribution in [3.05, 3.63) is 0 Å². The standard InChI is InChI=1S/C3H7ClO4S/c4-1-3(5)2-9(6,7)8/h6-8H,1-2H2. The van der Waals surface area contributed by atoms with Gasteiger partial charge in [-0.15, -0.1) is 11.6 Å². The Bertz CT molecular complexity index is 109. The Hall–Kier alpha value is 0.190. The lowest BCUT2D eigenvalue weighted by atomic mass is 10.5. The van der Waals surface area contributed by atoms with Gasteiger partial charge >= 0.3 is 0 Å². The van der Waals surface area contributed by atoms with E-state index in [0.717, 1.165) is 0 Å². The summed E-state index contributed by atoms with van der Waals surface area (Å²) in [5.74, 6) is -1.56. The minimum Gasteiger partial charge on any atom is -0.308 e. The van der Waals surface area contributed by atoms with Crippen molar-refractivity contribution in [2.75, 3.05) is 11.6 Å². The number of hydrogen-bond acceptors (Lipinski definition) is 4. The van der Waals surface area contributed by atoms with Gasteiger partial charge in [0.1, 0.15) is 5.75 Å². The molecule has 56 valence electrons. The molecule has 0 saturated carbocycles. The maximum atomic E-state index is 10.2. The lowest BCUT2D eigenvalue weighted by molar-refractivity contribution is -0.114. The number of carbonyl (C=O) groups excluding carboxylic acids is 1. The Labute approximate surface area is 59.0 Å². The smallest absolute Gasteiger partial charge is 0.162 e. The average molecular weight is 175 g/mol. The molecule has 0 heterocycles. The van der Waals surface area contributed by atoms with Crippen LogP contribution in [-0.2, 0) is 4.79 Å². The maximum absolute atomic E-state index is 10.2. The first-order valence-electron chi connectivity index (χ1n) is 2.01. The molecule has 0 rings (SSSR count). The second-order valence-corrected chi connectivity index (χ2v) is 3.27. The van der Waals surface area contributed by atoms with Gasteiger partial charge in [-0.2, -0.15) is 0 Å². The SMILES string of the molecule is O=C(CCl)CS(O)(O)O. The number of halogens is 1. The molecule has 0 bridgehead atoms. The summed E-state index contributed by atoms with van der Waals surface area (Å²) in [4.78, 5) is 10.2. The Morgan fingerprint density at radius 3 is 2.00 bits per heavy atom. The van der Waals surface area contributed by atoms with Crippen molar-refractivity contribution in [2.45, 2.75) is 0 Å². The zero-order valence-corrected chi connectivity index (χ0v) is 6.02. The lowest BCUT2D eigenvalue weighted by Crippen LogP contribution is -2.12. The van der Waals surface area contributed by atoms with Gasteiger partial charge in [0.2, 0.25) is 0 Å². The van der Waals surface area contributed by atoms with Gasteiger partial charge in [0, 0.05) is 0 Å². The van der Waals surface area contributed by atoms with E-state index in [-0.39, 0.29) is 5.88 Å². The molecule has 6 heteroatoms. The van der Waals surface area contributed by atoms with Crippen LogP contribution in [0.1, 0.15) is 0 Å². The van der Waals surface area contributed by atoms with Gasteiger partial charge in [0.15, 0.2) is 5.78 Å². The van der Waals surface area contributed by atoms with Crippen molar-refractivity contribution in [3.8, 4) is 0 Å². The first kappa shape index (κ1) is 9.19. The number of ketones is 1. The van der Waals surface area contributed by atoms with E-state index in [9.17, 15) is 4.79 Å². The predicted molar refractivity (Wildman–Crippen MR) is 36.1 cm³/mol. The highest BCUT2D eigenvalue weighted by atomic mass is 35.5. The molecule has 0 radical (unpaired) electrons. The summed E-state index contributed by atoms with van der Waals surface area (Å²) < 4.78 is 24.7. The monoisotopic (exact) mass is 174 g/mol. The van der Waals surface area contributed by atoms with Gasteiger partial charge in [-0.1, -0.05) is 0 Å². The lowest BCUT2D eigenvalue weighted by Gasteiger charge is -2.16. The van der Waals surface area contributed by atoms with Crippen LogP contribution < -0.4 is 0 Å². The van der Waals surface area contributed by atoms with Crippen LogP contribution in [0, 0.1) is 0 Å². The van der Waals surface area contributed by atoms with Gasteiger partial charge in [0.25, 0.3) is 0 Å². The minimum atomic E-state index is -3.67. The molecule has 0 atom stereocenters. The van der Waals surface area contributed by atoms with Gasteiger partial charge in [-0.05, 0) is 0 Å². The number of rotatable bonds is 3. The third kappa shape index (κ3) is 6.07. The van der Waals surface area contributed by atoms with Crippen molar-refractivity contribution < 1.29 is 18.5 Å². The molecular formula is C3H7ClO4S. The molecule has 0 aromatic rings. The maximum Gasteiger partial charge on any atom is 0.162 e. The number of hydrogen-bond donors (Lipinski definition) is 3. The Morgan fingerprint density at radius 1 is 1.44 bits per heavy atom. The predicted octanol–water partition coefficient (Wildman–Crippen LogP) is 1.02. The summed E-state index contributed by atoms with van der Waals surface area (Å²) >= 11 is 4.99. The van der Waals surface area contributed by atoms with Crippen LogP contribution >= 0.6 is 22.5 Å². The van der Waals surface area contributed by atoms with E-state index >= 15 is 0 Å². The zero-order valence-electron chi connectivity index (χ0n) is 4.45. The number of Topliss-reactive ketones (excluding diaryl/α,β-unsaturated/α-hetero) is 1. The van der Waals surface area contributed by atoms with Crippen LogP contribution in [-0.4, -0.2) is 31.1 Å². The van der Waals surface area contributed by atoms with Crippen molar-refractivity contribution in [1.29, 1.82) is 0 Å². The first-order chi connectivity index (χ1) is 3.95. The highest BCUT2D eigenvalue weighted by molar-refractivity contribution is 8.19. The molecule has 0 aliphatic heterocycles. The molecule has 0 aromatic carbocycles. The molecule has 0 saturated heterocycles. The van der Waals surface area contributed by atoms with E-state index < -0.39 is 22.4 Å². The molecule has 0 aliphatic carbocycles. The zero-order chi connectivity index (χ0) is 7.49. The third-order valence-electron chi connectivity index (χ3n) is 0.504. The third-order valence-corrected chi connectivity index (χ3v) is 1.51. The second-order valence-electron chi connectivity index (χ2n) is 1.45. The Kier molecular flexibility index (Phi) is 3.45. The van der Waals surface area contributed by atoms with Crippen LogP contribution in [0.25, 0.3) is 0 Å². The molecule has 9 heavy (non-hydrogen) atoms. The van der Waals surface area contributed by atoms with Crippen molar-refractivity contribution in [2.24, 2.45) is 0 Å². The van der Waals surface area contributed by atoms with E-state index in [0.29, 0.717) is 0 Å². The topological polar surface area (TPSA) is 77.8 Å². The molecule has 0 spiro atoms. The van der Waals surface area contributed by atoms with Crippen LogP contribution in [0.5, 0.6) is 0 Å². The normalized spacial score (nSPS) is 13.3. The molecule has 4 nitrogen and oxygen atoms in total. The van der Waals surface area contributed by atoms with Gasteiger partial charge in [0.05, 0.1) is 16.8 Å². The highest BCUT2D eigenvalue weighted by Crippen LogP contribution is 2.31. The molecular weight excluding hydrogens is 168 g/mol. The molecule has 3 N–H and O–H groups in total. The summed E-state index contributed by atoms with van der Waals surface area (Å²) in [7, 11) is -3.67. The van der Waals surface area contributed by atoms with Crippen LogP contribution in [0.2, 0.25) is 0 Å². The summed E-state index contributed by atoms with van der Waals surface area (Å²) in [5, 5.41) is 0. The van der Waals surface area contributed by atoms with Crippen LogP contribution in [0.3, 0.4) is 0 Å². The highest BCUT2D eigenvalue weighted by Gasteiger charge is 2.15. The summed E-state index contributed by atoms with van der Waals surface area (Å²) in [5.41, 5.74) is 0. The van der Waals surface area contributed by atoms with Crippen molar-refractivity contribution >= 4 is 28.3 Å². The van der Waals surface area contributed by atoms with Crippen LogP contribution in [0.4, 0.5) is 0 Å². The van der Waals surface area contributed by atoms with Crippen molar-refractivity contribution in [3.63, 3.8) is 0 Å². The van der Waals surface area contributed by atoms with E-state index in [1.807, 2.05) is 0 Å². The summed E-state index contributed by atoms with van der Waals surface area (Å²) in [6.07, 6.45) is 0. The minimum absolute atomic E-state index is 0.309. The fraction of sp³-hybridized carbons (Fsp3) is 0.667. The Morgan fingerprint density at radius 2 is 1.89 bits per heavy atom. The van der Waals surface area contributed by atoms with E-state index in [1.54, 1.807) is 0 Å². The summed E-state index contributed by atoms with van der Waals surface area (Å²) in [6.45, 7) is 0. The van der Waals surface area contributed by atoms with Gasteiger partial charge < -0.3 is 13.7 Å². The number of carbonyl (C=O) groups is 1. The number of alkyl halides is 1. The fourth-order valence-corrected chi connectivity index (χ4v) is 0.995. The molecule has 0 aliphatic rings. The molecule has 0 unspecified atom stereocenters. The molecule has 0 amide bonds. The van der Waals surface area contributed by atoms with E-state index in [2.05, 4.69) is 0 Å². The fourth-order valence-electron chi connectivity index (χ4n) is 0.255. The molecule has 0 fully saturated rings. The van der Waals surface area contributed by atoms with Crippen LogP contribution in [0.15, 0.2) is 0 Å². The molecule has 0 aromatic heterocycles. The van der Waals surface area contributed by atoms with Gasteiger partial charge in [-0.25, -0.2) is 0 Å². The van der Waals surface area contributed by atoms with E-state index in [1.165, 1.54) is 0 Å². The van der Waals surface area contributed by atoms with Gasteiger partial charge in [-0.3, -0.25) is 4.79 Å². The van der Waals surface area contributed by atoms with Crippen molar-refractivity contribution in [1.82, 2.24) is 0 Å². The van der Waals surface area contributed by atoms with E-state index in [4.69, 9.17) is 25.3 Å².